The summed E-state index contributed by atoms with van der Waals surface area (Å²) in [6, 6.07) is 4.24. The van der Waals surface area contributed by atoms with E-state index in [0.717, 1.165) is 6.42 Å². The third-order valence-corrected chi connectivity index (χ3v) is 4.38. The summed E-state index contributed by atoms with van der Waals surface area (Å²) in [5, 5.41) is 2.11. The van der Waals surface area contributed by atoms with Gasteiger partial charge in [-0.25, -0.2) is 0 Å². The molecular formula is C11H14INS. The van der Waals surface area contributed by atoms with Crippen LogP contribution in [0.1, 0.15) is 22.1 Å². The number of rotatable bonds is 4. The van der Waals surface area contributed by atoms with Gasteiger partial charge >= 0.3 is 0 Å². The van der Waals surface area contributed by atoms with E-state index in [2.05, 4.69) is 59.2 Å². The van der Waals surface area contributed by atoms with Crippen LogP contribution in [0.4, 0.5) is 0 Å². The Kier molecular flexibility index (Phi) is 5.25. The van der Waals surface area contributed by atoms with Crippen LogP contribution in [0, 0.1) is 0 Å². The van der Waals surface area contributed by atoms with Gasteiger partial charge in [0.15, 0.2) is 0 Å². The van der Waals surface area contributed by atoms with Crippen molar-refractivity contribution in [3.63, 3.8) is 0 Å². The monoisotopic (exact) mass is 319 g/mol. The third kappa shape index (κ3) is 3.46. The molecule has 1 nitrogen and oxygen atoms in total. The van der Waals surface area contributed by atoms with E-state index in [4.69, 9.17) is 5.73 Å². The van der Waals surface area contributed by atoms with Crippen molar-refractivity contribution >= 4 is 33.9 Å². The smallest absolute Gasteiger partial charge is 0.0636 e. The number of alkyl halides is 1. The molecule has 2 N–H and O–H groups in total. The predicted molar refractivity (Wildman–Crippen MR) is 72.8 cm³/mol. The molecule has 1 aromatic rings. The number of nitrogens with two attached hydrogens (primary N) is 1. The highest BCUT2D eigenvalue weighted by atomic mass is 127. The van der Waals surface area contributed by atoms with Crippen molar-refractivity contribution in [2.24, 2.45) is 5.73 Å². The minimum absolute atomic E-state index is 0.453. The molecular weight excluding hydrogens is 305 g/mol. The first kappa shape index (κ1) is 11.8. The summed E-state index contributed by atoms with van der Waals surface area (Å²) >= 11 is 4.21. The lowest BCUT2D eigenvalue weighted by molar-refractivity contribution is 1.13. The SMILES string of the molecule is CCC(/C=C\C(I)c1cccs1)=C/N. The van der Waals surface area contributed by atoms with Crippen LogP contribution >= 0.6 is 33.9 Å². The second-order valence-electron chi connectivity index (χ2n) is 2.87. The van der Waals surface area contributed by atoms with Gasteiger partial charge in [0.2, 0.25) is 0 Å². The Hall–Kier alpha value is -0.290. The standard InChI is InChI=1S/C11H14INS/c1-2-9(8-13)5-6-10(12)11-4-3-7-14-11/h3-8,10H,2,13H2,1H3/b6-5-,9-8-. The first-order chi connectivity index (χ1) is 6.77. The van der Waals surface area contributed by atoms with Crippen LogP contribution in [-0.4, -0.2) is 0 Å². The lowest BCUT2D eigenvalue weighted by Crippen LogP contribution is -1.85. The zero-order valence-electron chi connectivity index (χ0n) is 8.11. The molecule has 1 heterocycles. The molecule has 0 radical (unpaired) electrons. The molecule has 76 valence electrons. The summed E-state index contributed by atoms with van der Waals surface area (Å²) in [6.07, 6.45) is 6.96. The average molecular weight is 319 g/mol. The van der Waals surface area contributed by atoms with Crippen LogP contribution in [0.15, 0.2) is 41.4 Å². The molecule has 0 spiro atoms. The summed E-state index contributed by atoms with van der Waals surface area (Å²) in [5.41, 5.74) is 6.66. The van der Waals surface area contributed by atoms with Gasteiger partial charge in [-0.3, -0.25) is 0 Å². The molecule has 1 rings (SSSR count). The Morgan fingerprint density at radius 1 is 1.71 bits per heavy atom. The van der Waals surface area contributed by atoms with Crippen molar-refractivity contribution in [1.82, 2.24) is 0 Å². The lowest BCUT2D eigenvalue weighted by atomic mass is 10.2. The molecule has 0 amide bonds. The molecule has 0 aliphatic carbocycles. The Labute approximate surface area is 103 Å². The summed E-state index contributed by atoms with van der Waals surface area (Å²) in [4.78, 5) is 1.38. The van der Waals surface area contributed by atoms with Crippen LogP contribution < -0.4 is 5.73 Å². The molecule has 14 heavy (non-hydrogen) atoms. The first-order valence-electron chi connectivity index (χ1n) is 4.54. The van der Waals surface area contributed by atoms with E-state index in [9.17, 15) is 0 Å². The van der Waals surface area contributed by atoms with Crippen LogP contribution in [0.5, 0.6) is 0 Å². The maximum absolute atomic E-state index is 5.48. The normalized spacial score (nSPS) is 14.9. The van der Waals surface area contributed by atoms with E-state index in [1.165, 1.54) is 10.5 Å². The molecule has 0 fully saturated rings. The maximum Gasteiger partial charge on any atom is 0.0636 e. The third-order valence-electron chi connectivity index (χ3n) is 1.92. The minimum Gasteiger partial charge on any atom is -0.404 e. The largest absolute Gasteiger partial charge is 0.404 e. The molecule has 0 saturated carbocycles. The number of hydrogen-bond acceptors (Lipinski definition) is 2. The van der Waals surface area contributed by atoms with Gasteiger partial charge in [-0.1, -0.05) is 47.7 Å². The second kappa shape index (κ2) is 6.24. The number of thiophene rings is 1. The van der Waals surface area contributed by atoms with E-state index in [1.807, 2.05) is 0 Å². The maximum atomic E-state index is 5.48. The van der Waals surface area contributed by atoms with E-state index in [0.29, 0.717) is 3.92 Å². The van der Waals surface area contributed by atoms with Crippen molar-refractivity contribution in [1.29, 1.82) is 0 Å². The van der Waals surface area contributed by atoms with Gasteiger partial charge in [0, 0.05) is 4.88 Å². The van der Waals surface area contributed by atoms with Crippen LogP contribution in [-0.2, 0) is 0 Å². The minimum atomic E-state index is 0.453. The molecule has 0 aromatic carbocycles. The molecule has 1 aromatic heterocycles. The van der Waals surface area contributed by atoms with Crippen molar-refractivity contribution < 1.29 is 0 Å². The van der Waals surface area contributed by atoms with Crippen LogP contribution in [0.25, 0.3) is 0 Å². The van der Waals surface area contributed by atoms with Gasteiger partial charge in [0.25, 0.3) is 0 Å². The highest BCUT2D eigenvalue weighted by Crippen LogP contribution is 2.29. The van der Waals surface area contributed by atoms with Crippen molar-refractivity contribution in [2.75, 3.05) is 0 Å². The quantitative estimate of drug-likeness (QED) is 0.506. The van der Waals surface area contributed by atoms with E-state index in [1.54, 1.807) is 17.5 Å². The zero-order valence-corrected chi connectivity index (χ0v) is 11.1. The van der Waals surface area contributed by atoms with E-state index >= 15 is 0 Å². The number of halogens is 1. The van der Waals surface area contributed by atoms with E-state index in [-0.39, 0.29) is 0 Å². The van der Waals surface area contributed by atoms with E-state index < -0.39 is 0 Å². The molecule has 0 aliphatic rings. The first-order valence-corrected chi connectivity index (χ1v) is 6.67. The molecule has 0 aliphatic heterocycles. The topological polar surface area (TPSA) is 26.0 Å². The molecule has 3 heteroatoms. The fraction of sp³-hybridized carbons (Fsp3) is 0.273. The van der Waals surface area contributed by atoms with Gasteiger partial charge in [-0.2, -0.15) is 0 Å². The van der Waals surface area contributed by atoms with Gasteiger partial charge in [-0.05, 0) is 29.6 Å². The molecule has 0 saturated heterocycles. The fourth-order valence-electron chi connectivity index (χ4n) is 1.04. The number of allylic oxidation sites excluding steroid dienone is 3. The Balaban J connectivity index is 2.61. The highest BCUT2D eigenvalue weighted by molar-refractivity contribution is 14.1. The van der Waals surface area contributed by atoms with Gasteiger partial charge in [0.05, 0.1) is 3.92 Å². The van der Waals surface area contributed by atoms with Crippen molar-refractivity contribution in [3.05, 3.63) is 46.3 Å². The van der Waals surface area contributed by atoms with Gasteiger partial charge < -0.3 is 5.73 Å². The van der Waals surface area contributed by atoms with Crippen LogP contribution in [0.2, 0.25) is 0 Å². The second-order valence-corrected chi connectivity index (χ2v) is 5.19. The van der Waals surface area contributed by atoms with Crippen LogP contribution in [0.3, 0.4) is 0 Å². The average Bonchev–Trinajstić information content (AvgIpc) is 2.72. The molecule has 1 atom stereocenters. The number of hydrogen-bond donors (Lipinski definition) is 1. The highest BCUT2D eigenvalue weighted by Gasteiger charge is 2.02. The Bertz CT molecular complexity index is 314. The molecule has 1 unspecified atom stereocenters. The summed E-state index contributed by atoms with van der Waals surface area (Å²) in [6.45, 7) is 2.11. The Morgan fingerprint density at radius 3 is 3.00 bits per heavy atom. The molecule has 0 bridgehead atoms. The van der Waals surface area contributed by atoms with Gasteiger partial charge in [-0.15, -0.1) is 11.3 Å². The summed E-state index contributed by atoms with van der Waals surface area (Å²) in [7, 11) is 0. The summed E-state index contributed by atoms with van der Waals surface area (Å²) in [5.74, 6) is 0. The van der Waals surface area contributed by atoms with Crippen molar-refractivity contribution in [3.8, 4) is 0 Å². The summed E-state index contributed by atoms with van der Waals surface area (Å²) < 4.78 is 0.453. The lowest BCUT2D eigenvalue weighted by Gasteiger charge is -2.00. The van der Waals surface area contributed by atoms with Gasteiger partial charge in [0.1, 0.15) is 0 Å². The van der Waals surface area contributed by atoms with Crippen molar-refractivity contribution in [2.45, 2.75) is 17.3 Å². The zero-order chi connectivity index (χ0) is 10.4. The fourth-order valence-corrected chi connectivity index (χ4v) is 2.58. The Morgan fingerprint density at radius 2 is 2.50 bits per heavy atom. The predicted octanol–water partition coefficient (Wildman–Crippen LogP) is 4.03.